The van der Waals surface area contributed by atoms with Crippen LogP contribution in [0.25, 0.3) is 0 Å². The highest BCUT2D eigenvalue weighted by atomic mass is 16.6. The molecule has 0 aliphatic heterocycles. The molecule has 0 fully saturated rings. The third kappa shape index (κ3) is 7.78. The molecule has 1 unspecified atom stereocenters. The zero-order chi connectivity index (χ0) is 11.0. The maximum atomic E-state index is 10.6. The predicted octanol–water partition coefficient (Wildman–Crippen LogP) is -0.367. The lowest BCUT2D eigenvalue weighted by atomic mass is 10.5. The van der Waals surface area contributed by atoms with E-state index in [4.69, 9.17) is 4.74 Å². The first kappa shape index (κ1) is 13.2. The average Bonchev–Trinajstić information content (AvgIpc) is 2.13. The first-order valence-corrected chi connectivity index (χ1v) is 4.43. The molecule has 84 valence electrons. The van der Waals surface area contributed by atoms with E-state index < -0.39 is 12.3 Å². The zero-order valence-corrected chi connectivity index (χ0v) is 8.74. The van der Waals surface area contributed by atoms with Gasteiger partial charge in [-0.15, -0.1) is 0 Å². The Hall–Kier alpha value is -0.850. The van der Waals surface area contributed by atoms with Crippen LogP contribution < -0.4 is 10.6 Å². The Morgan fingerprint density at radius 1 is 1.50 bits per heavy atom. The van der Waals surface area contributed by atoms with Crippen molar-refractivity contribution in [2.45, 2.75) is 26.2 Å². The largest absolute Gasteiger partial charge is 0.445 e. The van der Waals surface area contributed by atoms with Gasteiger partial charge >= 0.3 is 6.09 Å². The maximum absolute atomic E-state index is 10.6. The Morgan fingerprint density at radius 3 is 2.64 bits per heavy atom. The molecule has 0 spiro atoms. The van der Waals surface area contributed by atoms with Crippen LogP contribution in [0.1, 0.15) is 13.8 Å². The molecule has 0 heterocycles. The molecule has 0 aliphatic rings. The van der Waals surface area contributed by atoms with Gasteiger partial charge in [0.25, 0.3) is 0 Å². The lowest BCUT2D eigenvalue weighted by Gasteiger charge is -2.14. The summed E-state index contributed by atoms with van der Waals surface area (Å²) in [5.41, 5.74) is 0. The summed E-state index contributed by atoms with van der Waals surface area (Å²) in [6, 6.07) is 0. The van der Waals surface area contributed by atoms with Crippen molar-refractivity contribution in [1.82, 2.24) is 10.6 Å². The zero-order valence-electron chi connectivity index (χ0n) is 8.74. The molecule has 1 atom stereocenters. The number of carbonyl (C=O) groups is 1. The van der Waals surface area contributed by atoms with E-state index in [2.05, 4.69) is 15.4 Å². The minimum atomic E-state index is -0.911. The smallest absolute Gasteiger partial charge is 0.407 e. The third-order valence-corrected chi connectivity index (χ3v) is 1.31. The van der Waals surface area contributed by atoms with Crippen LogP contribution in [-0.4, -0.2) is 43.9 Å². The minimum Gasteiger partial charge on any atom is -0.445 e. The van der Waals surface area contributed by atoms with Crippen molar-refractivity contribution in [2.75, 3.05) is 20.4 Å². The van der Waals surface area contributed by atoms with E-state index in [1.54, 1.807) is 0 Å². The van der Waals surface area contributed by atoms with Crippen molar-refractivity contribution in [3.8, 4) is 0 Å². The molecule has 0 rings (SSSR count). The van der Waals surface area contributed by atoms with E-state index >= 15 is 0 Å². The molecule has 0 bridgehead atoms. The van der Waals surface area contributed by atoms with E-state index in [1.165, 1.54) is 7.05 Å². The summed E-state index contributed by atoms with van der Waals surface area (Å²) in [7, 11) is 1.45. The maximum Gasteiger partial charge on any atom is 0.407 e. The van der Waals surface area contributed by atoms with E-state index in [-0.39, 0.29) is 19.4 Å². The van der Waals surface area contributed by atoms with Crippen LogP contribution in [0, 0.1) is 0 Å². The van der Waals surface area contributed by atoms with E-state index in [1.807, 2.05) is 13.8 Å². The Bertz CT molecular complexity index is 163. The normalized spacial score (nSPS) is 12.6. The van der Waals surface area contributed by atoms with Crippen molar-refractivity contribution in [3.63, 3.8) is 0 Å². The summed E-state index contributed by atoms with van der Waals surface area (Å²) in [6.45, 7) is 3.88. The van der Waals surface area contributed by atoms with Crippen molar-refractivity contribution in [3.05, 3.63) is 0 Å². The molecule has 6 nitrogen and oxygen atoms in total. The van der Waals surface area contributed by atoms with Crippen LogP contribution in [0.4, 0.5) is 4.79 Å². The quantitative estimate of drug-likeness (QED) is 0.517. The lowest BCUT2D eigenvalue weighted by Crippen LogP contribution is -2.37. The second-order valence-electron chi connectivity index (χ2n) is 2.93. The van der Waals surface area contributed by atoms with Gasteiger partial charge in [-0.1, -0.05) is 0 Å². The van der Waals surface area contributed by atoms with Crippen LogP contribution in [-0.2, 0) is 9.47 Å². The standard InChI is InChI=1S/C8H18N2O4/c1-6(2)14-5-10-7(11)4-13-8(12)9-3/h6-7,10-11H,4-5H2,1-3H3,(H,9,12). The topological polar surface area (TPSA) is 79.8 Å². The first-order chi connectivity index (χ1) is 6.56. The van der Waals surface area contributed by atoms with Crippen LogP contribution >= 0.6 is 0 Å². The van der Waals surface area contributed by atoms with Gasteiger partial charge in [-0.25, -0.2) is 4.79 Å². The molecule has 1 amide bonds. The molecule has 0 aromatic rings. The van der Waals surface area contributed by atoms with Gasteiger partial charge in [-0.2, -0.15) is 0 Å². The number of alkyl carbamates (subject to hydrolysis) is 1. The summed E-state index contributed by atoms with van der Waals surface area (Å²) in [5, 5.41) is 14.1. The summed E-state index contributed by atoms with van der Waals surface area (Å²) >= 11 is 0. The summed E-state index contributed by atoms with van der Waals surface area (Å²) < 4.78 is 9.71. The summed E-state index contributed by atoms with van der Waals surface area (Å²) in [6.07, 6.45) is -1.39. The van der Waals surface area contributed by atoms with Gasteiger partial charge in [0, 0.05) is 7.05 Å². The number of amides is 1. The molecule has 0 aromatic heterocycles. The Kier molecular flexibility index (Phi) is 7.09. The number of nitrogens with one attached hydrogen (secondary N) is 2. The molecular weight excluding hydrogens is 188 g/mol. The lowest BCUT2D eigenvalue weighted by molar-refractivity contribution is -0.00270. The van der Waals surface area contributed by atoms with Gasteiger partial charge < -0.3 is 19.9 Å². The molecule has 0 saturated carbocycles. The summed E-state index contributed by atoms with van der Waals surface area (Å²) in [4.78, 5) is 10.6. The highest BCUT2D eigenvalue weighted by Crippen LogP contribution is 1.86. The number of aliphatic hydroxyl groups excluding tert-OH is 1. The van der Waals surface area contributed by atoms with Crippen LogP contribution in [0.15, 0.2) is 0 Å². The molecule has 0 saturated heterocycles. The van der Waals surface area contributed by atoms with Crippen molar-refractivity contribution >= 4 is 6.09 Å². The fourth-order valence-electron chi connectivity index (χ4n) is 0.597. The number of rotatable bonds is 6. The van der Waals surface area contributed by atoms with E-state index in [0.717, 1.165) is 0 Å². The van der Waals surface area contributed by atoms with Crippen molar-refractivity contribution < 1.29 is 19.4 Å². The number of hydrogen-bond acceptors (Lipinski definition) is 5. The molecule has 0 aromatic carbocycles. The monoisotopic (exact) mass is 206 g/mol. The van der Waals surface area contributed by atoms with E-state index in [9.17, 15) is 9.90 Å². The average molecular weight is 206 g/mol. The number of ether oxygens (including phenoxy) is 2. The Balaban J connectivity index is 3.36. The first-order valence-electron chi connectivity index (χ1n) is 4.43. The molecular formula is C8H18N2O4. The molecule has 14 heavy (non-hydrogen) atoms. The fourth-order valence-corrected chi connectivity index (χ4v) is 0.597. The van der Waals surface area contributed by atoms with Crippen molar-refractivity contribution in [2.24, 2.45) is 0 Å². The second kappa shape index (κ2) is 7.54. The molecule has 0 radical (unpaired) electrons. The van der Waals surface area contributed by atoms with Crippen LogP contribution in [0.2, 0.25) is 0 Å². The van der Waals surface area contributed by atoms with Gasteiger partial charge in [0.05, 0.1) is 12.8 Å². The van der Waals surface area contributed by atoms with Gasteiger partial charge in [0.15, 0.2) is 0 Å². The highest BCUT2D eigenvalue weighted by molar-refractivity contribution is 5.66. The van der Waals surface area contributed by atoms with Crippen LogP contribution in [0.3, 0.4) is 0 Å². The molecule has 6 heteroatoms. The highest BCUT2D eigenvalue weighted by Gasteiger charge is 2.06. The van der Waals surface area contributed by atoms with E-state index in [0.29, 0.717) is 0 Å². The van der Waals surface area contributed by atoms with Gasteiger partial charge in [-0.3, -0.25) is 5.32 Å². The van der Waals surface area contributed by atoms with Gasteiger partial charge in [0.1, 0.15) is 12.8 Å². The molecule has 0 aliphatic carbocycles. The summed E-state index contributed by atoms with van der Waals surface area (Å²) in [5.74, 6) is 0. The SMILES string of the molecule is CNC(=O)OCC(O)NCOC(C)C. The van der Waals surface area contributed by atoms with Crippen molar-refractivity contribution in [1.29, 1.82) is 0 Å². The van der Waals surface area contributed by atoms with Gasteiger partial charge in [-0.05, 0) is 13.8 Å². The number of hydrogen-bond donors (Lipinski definition) is 3. The van der Waals surface area contributed by atoms with Gasteiger partial charge in [0.2, 0.25) is 0 Å². The predicted molar refractivity (Wildman–Crippen MR) is 50.6 cm³/mol. The Labute approximate surface area is 83.6 Å². The third-order valence-electron chi connectivity index (χ3n) is 1.31. The van der Waals surface area contributed by atoms with Crippen LogP contribution in [0.5, 0.6) is 0 Å². The minimum absolute atomic E-state index is 0.0922. The Morgan fingerprint density at radius 2 is 2.14 bits per heavy atom. The fraction of sp³-hybridized carbons (Fsp3) is 0.875. The number of carbonyl (C=O) groups excluding carboxylic acids is 1. The number of aliphatic hydroxyl groups is 1. The second-order valence-corrected chi connectivity index (χ2v) is 2.93. The molecule has 3 N–H and O–H groups in total.